The van der Waals surface area contributed by atoms with Crippen LogP contribution in [0.25, 0.3) is 0 Å². The molecule has 0 aliphatic carbocycles. The van der Waals surface area contributed by atoms with E-state index in [4.69, 9.17) is 10.2 Å². The van der Waals surface area contributed by atoms with Crippen LogP contribution < -0.4 is 11.1 Å². The molecule has 2 atom stereocenters. The van der Waals surface area contributed by atoms with Crippen molar-refractivity contribution in [3.8, 4) is 0 Å². The Hall–Kier alpha value is -1.75. The summed E-state index contributed by atoms with van der Waals surface area (Å²) < 4.78 is 5.75. The van der Waals surface area contributed by atoms with E-state index >= 15 is 0 Å². The van der Waals surface area contributed by atoms with Crippen LogP contribution in [0.15, 0.2) is 40.9 Å². The van der Waals surface area contributed by atoms with E-state index in [2.05, 4.69) is 5.32 Å². The van der Waals surface area contributed by atoms with E-state index in [-0.39, 0.29) is 11.8 Å². The highest BCUT2D eigenvalue weighted by Gasteiger charge is 2.66. The maximum Gasteiger partial charge on any atom is 0.342 e. The van der Waals surface area contributed by atoms with Crippen molar-refractivity contribution < 1.29 is 18.8 Å². The number of nitrogens with one attached hydrogen (secondary N) is 1. The molecule has 1 aromatic carbocycles. The van der Waals surface area contributed by atoms with Crippen molar-refractivity contribution in [2.45, 2.75) is 37.5 Å². The molecule has 2 heterocycles. The Morgan fingerprint density at radius 2 is 2.00 bits per heavy atom. The van der Waals surface area contributed by atoms with Crippen molar-refractivity contribution in [2.24, 2.45) is 5.73 Å². The molecule has 3 N–H and O–H groups in total. The number of carbonyl (C=O) groups is 3. The number of nitrogens with two attached hydrogens (primary N) is 1. The summed E-state index contributed by atoms with van der Waals surface area (Å²) in [5.74, 6) is 0.0860. The van der Waals surface area contributed by atoms with E-state index in [1.807, 2.05) is 50.0 Å². The Kier molecular flexibility index (Phi) is 6.71. The first-order valence-corrected chi connectivity index (χ1v) is 15.1. The summed E-state index contributed by atoms with van der Waals surface area (Å²) >= 11 is 3.01. The van der Waals surface area contributed by atoms with Crippen LogP contribution in [0.1, 0.15) is 12.5 Å². The van der Waals surface area contributed by atoms with Gasteiger partial charge in [-0.3, -0.25) is 14.5 Å². The van der Waals surface area contributed by atoms with Crippen LogP contribution in [0.4, 0.5) is 0 Å². The lowest BCUT2D eigenvalue weighted by molar-refractivity contribution is -0.159. The Bertz CT molecular complexity index is 888. The highest BCUT2D eigenvalue weighted by atomic mass is 32.2. The van der Waals surface area contributed by atoms with E-state index in [9.17, 15) is 14.4 Å². The smallest absolute Gasteiger partial charge is 0.342 e. The SMILES string of the molecule is CC(=O)N[C@@]1(c2ccccc2)C(=O)N2C(C(=O)O[Si](C)(C)C)=C(SCCN)CS[C@H]21. The number of thioether (sulfide) groups is 2. The molecule has 2 aliphatic heterocycles. The largest absolute Gasteiger partial charge is 0.515 e. The molecule has 1 saturated heterocycles. The molecule has 1 aromatic rings. The molecule has 162 valence electrons. The minimum Gasteiger partial charge on any atom is -0.515 e. The summed E-state index contributed by atoms with van der Waals surface area (Å²) in [6, 6.07) is 9.18. The summed E-state index contributed by atoms with van der Waals surface area (Å²) in [4.78, 5) is 41.0. The number of benzene rings is 1. The molecule has 0 spiro atoms. The number of hydrogen-bond acceptors (Lipinski definition) is 7. The van der Waals surface area contributed by atoms with Gasteiger partial charge >= 0.3 is 5.97 Å². The monoisotopic (exact) mass is 465 g/mol. The van der Waals surface area contributed by atoms with E-state index in [0.29, 0.717) is 29.3 Å². The van der Waals surface area contributed by atoms with E-state index in [1.54, 1.807) is 0 Å². The van der Waals surface area contributed by atoms with Crippen molar-refractivity contribution in [1.29, 1.82) is 0 Å². The van der Waals surface area contributed by atoms with Crippen molar-refractivity contribution in [2.75, 3.05) is 18.1 Å². The average molecular weight is 466 g/mol. The normalized spacial score (nSPS) is 23.6. The van der Waals surface area contributed by atoms with Crippen molar-refractivity contribution in [3.63, 3.8) is 0 Å². The van der Waals surface area contributed by atoms with Crippen molar-refractivity contribution in [3.05, 3.63) is 46.5 Å². The molecule has 30 heavy (non-hydrogen) atoms. The van der Waals surface area contributed by atoms with Gasteiger partial charge in [0.15, 0.2) is 5.54 Å². The summed E-state index contributed by atoms with van der Waals surface area (Å²) in [6.45, 7) is 7.64. The summed E-state index contributed by atoms with van der Waals surface area (Å²) in [5.41, 5.74) is 5.45. The number of β-lactam (4-membered cyclic amide) rings is 1. The van der Waals surface area contributed by atoms with Gasteiger partial charge in [-0.05, 0) is 25.2 Å². The standard InChI is InChI=1S/C20H27N3O4S2Si/c1-13(24)22-20(14-8-6-5-7-9-14)18(26)23-16(17(25)27-30(2,3)4)15(28-11-10-21)12-29-19(20)23/h5-9,19H,10-12,21H2,1-4H3,(H,22,24)/t19-,20-/m0/s1. The second-order valence-electron chi connectivity index (χ2n) is 8.10. The summed E-state index contributed by atoms with van der Waals surface area (Å²) in [5, 5.41) is 2.45. The zero-order chi connectivity index (χ0) is 22.1. The third-order valence-electron chi connectivity index (χ3n) is 4.63. The molecule has 0 radical (unpaired) electrons. The number of rotatable bonds is 7. The molecule has 0 bridgehead atoms. The Morgan fingerprint density at radius 1 is 1.33 bits per heavy atom. The fraction of sp³-hybridized carbons (Fsp3) is 0.450. The zero-order valence-electron chi connectivity index (χ0n) is 17.6. The van der Waals surface area contributed by atoms with Gasteiger partial charge < -0.3 is 15.5 Å². The van der Waals surface area contributed by atoms with Crippen LogP contribution >= 0.6 is 23.5 Å². The maximum atomic E-state index is 13.6. The third-order valence-corrected chi connectivity index (χ3v) is 8.07. The summed E-state index contributed by atoms with van der Waals surface area (Å²) in [7, 11) is -2.17. The fourth-order valence-electron chi connectivity index (χ4n) is 3.57. The van der Waals surface area contributed by atoms with Crippen LogP contribution in [0.2, 0.25) is 19.6 Å². The number of amides is 2. The molecule has 2 amide bonds. The van der Waals surface area contributed by atoms with Crippen LogP contribution in [0, 0.1) is 0 Å². The van der Waals surface area contributed by atoms with Gasteiger partial charge in [0.1, 0.15) is 11.1 Å². The molecule has 10 heteroatoms. The minimum atomic E-state index is -2.17. The number of hydrogen-bond donors (Lipinski definition) is 2. The molecule has 3 rings (SSSR count). The van der Waals surface area contributed by atoms with Gasteiger partial charge in [-0.1, -0.05) is 30.3 Å². The van der Waals surface area contributed by atoms with Gasteiger partial charge in [0.05, 0.1) is 0 Å². The molecule has 0 aromatic heterocycles. The first-order valence-electron chi connectivity index (χ1n) is 9.70. The Labute approximate surface area is 186 Å². The number of carbonyl (C=O) groups excluding carboxylic acids is 3. The molecule has 0 saturated carbocycles. The zero-order valence-corrected chi connectivity index (χ0v) is 20.2. The second-order valence-corrected chi connectivity index (χ2v) is 14.8. The first kappa shape index (κ1) is 22.9. The van der Waals surface area contributed by atoms with E-state index < -0.39 is 25.2 Å². The van der Waals surface area contributed by atoms with Gasteiger partial charge in [0.2, 0.25) is 14.2 Å². The van der Waals surface area contributed by atoms with Crippen LogP contribution in [-0.4, -0.2) is 54.4 Å². The van der Waals surface area contributed by atoms with E-state index in [1.165, 1.54) is 35.3 Å². The average Bonchev–Trinajstić information content (AvgIpc) is 2.68. The molecule has 2 aliphatic rings. The van der Waals surface area contributed by atoms with Gasteiger partial charge in [0, 0.05) is 29.9 Å². The van der Waals surface area contributed by atoms with Crippen LogP contribution in [-0.2, 0) is 24.3 Å². The van der Waals surface area contributed by atoms with Gasteiger partial charge in [-0.25, -0.2) is 4.79 Å². The van der Waals surface area contributed by atoms with Crippen LogP contribution in [0.5, 0.6) is 0 Å². The molecule has 0 unspecified atom stereocenters. The third kappa shape index (κ3) is 4.18. The quantitative estimate of drug-likeness (QED) is 0.470. The predicted molar refractivity (Wildman–Crippen MR) is 123 cm³/mol. The van der Waals surface area contributed by atoms with Gasteiger partial charge in [-0.15, -0.1) is 23.5 Å². The topological polar surface area (TPSA) is 102 Å². The second kappa shape index (κ2) is 8.78. The molecule has 1 fully saturated rings. The fourth-order valence-corrected chi connectivity index (χ4v) is 6.78. The van der Waals surface area contributed by atoms with Crippen LogP contribution in [0.3, 0.4) is 0 Å². The molecular formula is C20H27N3O4S2Si. The lowest BCUT2D eigenvalue weighted by atomic mass is 9.79. The number of nitrogens with zero attached hydrogens (tertiary/aromatic N) is 1. The van der Waals surface area contributed by atoms with E-state index in [0.717, 1.165) is 4.91 Å². The lowest BCUT2D eigenvalue weighted by Gasteiger charge is -2.57. The maximum absolute atomic E-state index is 13.6. The van der Waals surface area contributed by atoms with Crippen molar-refractivity contribution in [1.82, 2.24) is 10.2 Å². The molecule has 7 nitrogen and oxygen atoms in total. The van der Waals surface area contributed by atoms with Crippen molar-refractivity contribution >= 4 is 49.6 Å². The Balaban J connectivity index is 2.05. The molecular weight excluding hydrogens is 438 g/mol. The van der Waals surface area contributed by atoms with Gasteiger partial charge in [0.25, 0.3) is 5.91 Å². The first-order chi connectivity index (χ1) is 14.1. The predicted octanol–water partition coefficient (Wildman–Crippen LogP) is 2.21. The highest BCUT2D eigenvalue weighted by molar-refractivity contribution is 8.06. The van der Waals surface area contributed by atoms with Gasteiger partial charge in [-0.2, -0.15) is 0 Å². The number of fused-ring (bicyclic) bond motifs is 1. The Morgan fingerprint density at radius 3 is 2.57 bits per heavy atom. The lowest BCUT2D eigenvalue weighted by Crippen LogP contribution is -2.77. The highest BCUT2D eigenvalue weighted by Crippen LogP contribution is 2.52. The minimum absolute atomic E-state index is 0.293. The summed E-state index contributed by atoms with van der Waals surface area (Å²) in [6.07, 6.45) is 0.